The molecule has 1 N–H and O–H groups in total. The molecule has 7 nitrogen and oxygen atoms in total. The summed E-state index contributed by atoms with van der Waals surface area (Å²) in [7, 11) is -2.38. The first-order valence-electron chi connectivity index (χ1n) is 10.8. The third kappa shape index (κ3) is 4.85. The Morgan fingerprint density at radius 2 is 1.71 bits per heavy atom. The summed E-state index contributed by atoms with van der Waals surface area (Å²) in [4.78, 5) is 17.4. The van der Waals surface area contributed by atoms with Gasteiger partial charge in [0.1, 0.15) is 5.75 Å². The highest BCUT2D eigenvalue weighted by atomic mass is 32.2. The van der Waals surface area contributed by atoms with Gasteiger partial charge in [-0.1, -0.05) is 31.0 Å². The van der Waals surface area contributed by atoms with Crippen molar-refractivity contribution in [3.8, 4) is 5.75 Å². The number of carbonyl (C=O) groups is 1. The lowest BCUT2D eigenvalue weighted by atomic mass is 10.1. The Bertz CT molecular complexity index is 1030. The molecule has 0 unspecified atom stereocenters. The Labute approximate surface area is 184 Å². The van der Waals surface area contributed by atoms with Crippen LogP contribution in [0.2, 0.25) is 0 Å². The Hall–Kier alpha value is -2.58. The Kier molecular flexibility index (Phi) is 6.48. The minimum absolute atomic E-state index is 0.0499. The van der Waals surface area contributed by atoms with Crippen LogP contribution in [0, 0.1) is 0 Å². The number of amides is 1. The second-order valence-electron chi connectivity index (χ2n) is 8.10. The SMILES string of the molecule is COc1ccccc1NS(=O)(=O)c1cccc(C(=O)N2CCN(C3CCCC3)CC2)c1. The summed E-state index contributed by atoms with van der Waals surface area (Å²) in [6, 6.07) is 13.7. The largest absolute Gasteiger partial charge is 0.495 e. The number of benzene rings is 2. The maximum atomic E-state index is 13.0. The van der Waals surface area contributed by atoms with Gasteiger partial charge in [-0.05, 0) is 43.2 Å². The average Bonchev–Trinajstić information content (AvgIpc) is 3.34. The normalized spacial score (nSPS) is 18.2. The molecule has 2 aliphatic rings. The lowest BCUT2D eigenvalue weighted by molar-refractivity contribution is 0.0573. The number of anilines is 1. The van der Waals surface area contributed by atoms with Crippen molar-refractivity contribution in [2.24, 2.45) is 0 Å². The molecule has 166 valence electrons. The van der Waals surface area contributed by atoms with Crippen LogP contribution in [-0.4, -0.2) is 63.5 Å². The van der Waals surface area contributed by atoms with Crippen molar-refractivity contribution in [2.45, 2.75) is 36.6 Å². The van der Waals surface area contributed by atoms with Gasteiger partial charge in [-0.3, -0.25) is 14.4 Å². The summed E-state index contributed by atoms with van der Waals surface area (Å²) in [5, 5.41) is 0. The molecule has 1 aliphatic carbocycles. The van der Waals surface area contributed by atoms with Crippen molar-refractivity contribution in [1.29, 1.82) is 0 Å². The van der Waals surface area contributed by atoms with Gasteiger partial charge in [0.25, 0.3) is 15.9 Å². The molecule has 1 saturated carbocycles. The zero-order valence-electron chi connectivity index (χ0n) is 17.8. The van der Waals surface area contributed by atoms with Crippen LogP contribution in [-0.2, 0) is 10.0 Å². The first kappa shape index (κ1) is 21.6. The summed E-state index contributed by atoms with van der Waals surface area (Å²) in [5.74, 6) is 0.304. The summed E-state index contributed by atoms with van der Waals surface area (Å²) >= 11 is 0. The number of para-hydroxylation sites is 2. The van der Waals surface area contributed by atoms with Gasteiger partial charge < -0.3 is 9.64 Å². The van der Waals surface area contributed by atoms with E-state index in [4.69, 9.17) is 4.74 Å². The molecule has 0 spiro atoms. The molecule has 0 atom stereocenters. The minimum atomic E-state index is -3.86. The summed E-state index contributed by atoms with van der Waals surface area (Å²) < 4.78 is 33.6. The molecule has 0 aromatic heterocycles. The van der Waals surface area contributed by atoms with Crippen LogP contribution >= 0.6 is 0 Å². The average molecular weight is 444 g/mol. The number of methoxy groups -OCH3 is 1. The highest BCUT2D eigenvalue weighted by Crippen LogP contribution is 2.27. The molecule has 1 aliphatic heterocycles. The number of nitrogens with one attached hydrogen (secondary N) is 1. The summed E-state index contributed by atoms with van der Waals surface area (Å²) in [6.45, 7) is 3.10. The maximum absolute atomic E-state index is 13.0. The van der Waals surface area contributed by atoms with E-state index in [0.717, 1.165) is 13.1 Å². The Morgan fingerprint density at radius 3 is 2.42 bits per heavy atom. The third-order valence-corrected chi connectivity index (χ3v) is 7.55. The van der Waals surface area contributed by atoms with Gasteiger partial charge in [0, 0.05) is 37.8 Å². The van der Waals surface area contributed by atoms with Crippen LogP contribution < -0.4 is 9.46 Å². The van der Waals surface area contributed by atoms with Crippen LogP contribution in [0.25, 0.3) is 0 Å². The van der Waals surface area contributed by atoms with Crippen LogP contribution in [0.5, 0.6) is 5.75 Å². The molecule has 1 amide bonds. The standard InChI is InChI=1S/C23H29N3O4S/c1-30-22-12-5-4-11-21(22)24-31(28,29)20-10-6-7-18(17-20)23(27)26-15-13-25(14-16-26)19-8-2-3-9-19/h4-7,10-12,17,19,24H,2-3,8-9,13-16H2,1H3. The molecule has 1 saturated heterocycles. The lowest BCUT2D eigenvalue weighted by Gasteiger charge is -2.38. The van der Waals surface area contributed by atoms with E-state index in [0.29, 0.717) is 36.1 Å². The van der Waals surface area contributed by atoms with Crippen molar-refractivity contribution in [3.63, 3.8) is 0 Å². The highest BCUT2D eigenvalue weighted by Gasteiger charge is 2.28. The highest BCUT2D eigenvalue weighted by molar-refractivity contribution is 7.92. The summed E-state index contributed by atoms with van der Waals surface area (Å²) in [5.41, 5.74) is 0.738. The minimum Gasteiger partial charge on any atom is -0.495 e. The van der Waals surface area contributed by atoms with Gasteiger partial charge >= 0.3 is 0 Å². The van der Waals surface area contributed by atoms with Crippen LogP contribution in [0.15, 0.2) is 53.4 Å². The first-order valence-corrected chi connectivity index (χ1v) is 12.3. The van der Waals surface area contributed by atoms with Gasteiger partial charge in [-0.25, -0.2) is 8.42 Å². The number of carbonyl (C=O) groups excluding carboxylic acids is 1. The zero-order chi connectivity index (χ0) is 21.8. The number of rotatable bonds is 6. The van der Waals surface area contributed by atoms with E-state index >= 15 is 0 Å². The predicted octanol–water partition coefficient (Wildman–Crippen LogP) is 3.20. The third-order valence-electron chi connectivity index (χ3n) is 6.19. The number of hydrogen-bond acceptors (Lipinski definition) is 5. The van der Waals surface area contributed by atoms with Crippen molar-refractivity contribution in [3.05, 3.63) is 54.1 Å². The van der Waals surface area contributed by atoms with E-state index in [1.165, 1.54) is 44.9 Å². The molecule has 2 aromatic rings. The van der Waals surface area contributed by atoms with Crippen molar-refractivity contribution in [2.75, 3.05) is 38.0 Å². The molecular formula is C23H29N3O4S. The Morgan fingerprint density at radius 1 is 1.00 bits per heavy atom. The lowest BCUT2D eigenvalue weighted by Crippen LogP contribution is -2.51. The monoisotopic (exact) mass is 443 g/mol. The quantitative estimate of drug-likeness (QED) is 0.742. The fourth-order valence-corrected chi connectivity index (χ4v) is 5.59. The molecule has 2 fully saturated rings. The van der Waals surface area contributed by atoms with E-state index in [9.17, 15) is 13.2 Å². The first-order chi connectivity index (χ1) is 15.0. The second kappa shape index (κ2) is 9.28. The van der Waals surface area contributed by atoms with Crippen molar-refractivity contribution < 1.29 is 17.9 Å². The Balaban J connectivity index is 1.45. The number of ether oxygens (including phenoxy) is 1. The number of sulfonamides is 1. The van der Waals surface area contributed by atoms with E-state index in [2.05, 4.69) is 9.62 Å². The number of nitrogens with zero attached hydrogens (tertiary/aromatic N) is 2. The number of hydrogen-bond donors (Lipinski definition) is 1. The molecule has 0 radical (unpaired) electrons. The van der Waals surface area contributed by atoms with E-state index in [-0.39, 0.29) is 10.8 Å². The molecule has 1 heterocycles. The van der Waals surface area contributed by atoms with Crippen molar-refractivity contribution in [1.82, 2.24) is 9.80 Å². The molecular weight excluding hydrogens is 414 g/mol. The molecule has 0 bridgehead atoms. The molecule has 2 aromatic carbocycles. The number of piperazine rings is 1. The van der Waals surface area contributed by atoms with Gasteiger partial charge in [0.05, 0.1) is 17.7 Å². The topological polar surface area (TPSA) is 78.9 Å². The smallest absolute Gasteiger partial charge is 0.262 e. The summed E-state index contributed by atoms with van der Waals surface area (Å²) in [6.07, 6.45) is 5.11. The van der Waals surface area contributed by atoms with Crippen LogP contribution in [0.1, 0.15) is 36.0 Å². The van der Waals surface area contributed by atoms with E-state index < -0.39 is 10.0 Å². The predicted molar refractivity (Wildman–Crippen MR) is 120 cm³/mol. The van der Waals surface area contributed by atoms with Gasteiger partial charge in [0.15, 0.2) is 0 Å². The molecule has 4 rings (SSSR count). The zero-order valence-corrected chi connectivity index (χ0v) is 18.6. The molecule has 8 heteroatoms. The van der Waals surface area contributed by atoms with E-state index in [1.54, 1.807) is 36.4 Å². The van der Waals surface area contributed by atoms with E-state index in [1.807, 2.05) is 4.90 Å². The van der Waals surface area contributed by atoms with Crippen LogP contribution in [0.3, 0.4) is 0 Å². The fraction of sp³-hybridized carbons (Fsp3) is 0.435. The van der Waals surface area contributed by atoms with Crippen molar-refractivity contribution >= 4 is 21.6 Å². The van der Waals surface area contributed by atoms with Gasteiger partial charge in [0.2, 0.25) is 0 Å². The van der Waals surface area contributed by atoms with Crippen LogP contribution in [0.4, 0.5) is 5.69 Å². The molecule has 31 heavy (non-hydrogen) atoms. The van der Waals surface area contributed by atoms with Gasteiger partial charge in [-0.2, -0.15) is 0 Å². The maximum Gasteiger partial charge on any atom is 0.262 e. The van der Waals surface area contributed by atoms with Gasteiger partial charge in [-0.15, -0.1) is 0 Å². The fourth-order valence-electron chi connectivity index (χ4n) is 4.47. The second-order valence-corrected chi connectivity index (χ2v) is 9.78.